The summed E-state index contributed by atoms with van der Waals surface area (Å²) in [5, 5.41) is 0. The minimum atomic E-state index is -0.101. The molecular formula is C76H84Br2N2O6. The number of nitrogens with zero attached hydrogens (tertiary/aromatic N) is 2. The molecule has 448 valence electrons. The van der Waals surface area contributed by atoms with Crippen molar-refractivity contribution in [2.24, 2.45) is 34.5 Å². The van der Waals surface area contributed by atoms with Gasteiger partial charge in [-0.05, 0) is 268 Å². The fourth-order valence-electron chi connectivity index (χ4n) is 20.2. The Hall–Kier alpha value is -5.26. The molecule has 10 aliphatic rings. The second-order valence-corrected chi connectivity index (χ2v) is 30.1. The van der Waals surface area contributed by atoms with Gasteiger partial charge in [0.05, 0.1) is 35.5 Å². The minimum Gasteiger partial charge on any atom is -0.489 e. The number of halogens is 2. The van der Waals surface area contributed by atoms with Gasteiger partial charge in [0.15, 0.2) is 0 Å². The first kappa shape index (κ1) is 57.2. The van der Waals surface area contributed by atoms with Crippen molar-refractivity contribution in [3.05, 3.63) is 199 Å². The molecule has 14 atom stereocenters. The highest BCUT2D eigenvalue weighted by atomic mass is 79.9. The standard InChI is InChI=1S/2C38H42BrNO3/c2*1-37-19-17-31-30-16-14-29(42-24-25-6-3-2-4-7-25)22-27(30)11-15-32(31)33(37)18-20-38(37)23-34-35(43-38)8-5-21-40(34)36(41)26-9-12-28(39)13-10-26/h2*2-4,6-7,9-10,12-14,16,22,31-35H,5,8,11,15,17-21,23-24H2,1H3/t2*31-,32-,33+,34+,35+,37+,38-/m11/s1. The largest absolute Gasteiger partial charge is 0.489 e. The van der Waals surface area contributed by atoms with Gasteiger partial charge in [0.1, 0.15) is 24.7 Å². The van der Waals surface area contributed by atoms with E-state index in [4.69, 9.17) is 18.9 Å². The summed E-state index contributed by atoms with van der Waals surface area (Å²) in [7, 11) is 0. The first-order chi connectivity index (χ1) is 41.9. The fraction of sp³-hybridized carbons (Fsp3) is 0.500. The van der Waals surface area contributed by atoms with Crippen LogP contribution in [0, 0.1) is 34.5 Å². The highest BCUT2D eigenvalue weighted by Crippen LogP contribution is 2.70. The predicted molar refractivity (Wildman–Crippen MR) is 345 cm³/mol. The molecule has 6 aliphatic carbocycles. The fourth-order valence-corrected chi connectivity index (χ4v) is 20.7. The van der Waals surface area contributed by atoms with Crippen molar-refractivity contribution in [1.82, 2.24) is 9.80 Å². The third kappa shape index (κ3) is 9.95. The summed E-state index contributed by atoms with van der Waals surface area (Å²) in [6, 6.07) is 50.8. The van der Waals surface area contributed by atoms with Gasteiger partial charge in [-0.3, -0.25) is 9.59 Å². The van der Waals surface area contributed by atoms with Crippen LogP contribution in [0.2, 0.25) is 0 Å². The Kier molecular flexibility index (Phi) is 15.3. The summed E-state index contributed by atoms with van der Waals surface area (Å²) in [6.45, 7) is 8.04. The average molecular weight is 1280 g/mol. The minimum absolute atomic E-state index is 0.101. The van der Waals surface area contributed by atoms with Crippen molar-refractivity contribution in [2.75, 3.05) is 13.1 Å². The molecule has 4 heterocycles. The van der Waals surface area contributed by atoms with Gasteiger partial charge in [-0.2, -0.15) is 0 Å². The van der Waals surface area contributed by atoms with Crippen LogP contribution in [0.4, 0.5) is 0 Å². The molecule has 6 aromatic carbocycles. The van der Waals surface area contributed by atoms with Crippen LogP contribution < -0.4 is 9.47 Å². The lowest BCUT2D eigenvalue weighted by Crippen LogP contribution is -2.51. The lowest BCUT2D eigenvalue weighted by Gasteiger charge is -2.53. The molecule has 6 aromatic rings. The molecule has 10 heteroatoms. The number of carbonyl (C=O) groups excluding carboxylic acids is 2. The average Bonchev–Trinajstić information content (AvgIpc) is 2.83. The molecule has 86 heavy (non-hydrogen) atoms. The summed E-state index contributed by atoms with van der Waals surface area (Å²) in [5.74, 6) is 6.40. The number of amides is 2. The van der Waals surface area contributed by atoms with E-state index in [2.05, 4.69) is 140 Å². The van der Waals surface area contributed by atoms with Crippen LogP contribution in [-0.2, 0) is 35.5 Å². The van der Waals surface area contributed by atoms with E-state index in [-0.39, 0.29) is 58.1 Å². The summed E-state index contributed by atoms with van der Waals surface area (Å²) in [5.41, 5.74) is 10.3. The Labute approximate surface area is 526 Å². The Morgan fingerprint density at radius 1 is 0.500 bits per heavy atom. The number of aryl methyl sites for hydroxylation is 2. The van der Waals surface area contributed by atoms with Gasteiger partial charge in [-0.1, -0.05) is 119 Å². The third-order valence-corrected chi connectivity index (χ3v) is 25.5. The molecule has 4 saturated heterocycles. The van der Waals surface area contributed by atoms with Gasteiger partial charge in [0.2, 0.25) is 0 Å². The zero-order valence-electron chi connectivity index (χ0n) is 50.3. The first-order valence-electron chi connectivity index (χ1n) is 33.0. The van der Waals surface area contributed by atoms with Gasteiger partial charge in [0.25, 0.3) is 11.8 Å². The van der Waals surface area contributed by atoms with Crippen molar-refractivity contribution in [3.8, 4) is 11.5 Å². The molecule has 0 aromatic heterocycles. The van der Waals surface area contributed by atoms with Crippen LogP contribution in [-0.4, -0.2) is 70.2 Å². The monoisotopic (exact) mass is 1280 g/mol. The molecule has 4 aliphatic heterocycles. The highest BCUT2D eigenvalue weighted by molar-refractivity contribution is 9.10. The van der Waals surface area contributed by atoms with E-state index in [9.17, 15) is 9.59 Å². The van der Waals surface area contributed by atoms with E-state index in [1.807, 2.05) is 60.7 Å². The molecule has 0 unspecified atom stereocenters. The number of fused-ring (bicyclic) bond motifs is 14. The Balaban J connectivity index is 0.000000145. The SMILES string of the molecule is C[C@]12CC[C@@H]3c4ccc(OCc5ccccc5)cc4CC[C@H]3[C@@H]1CC[C@@]21C[C@H]2[C@H](CCCN2C(=O)c2ccc(Br)cc2)O1.C[C@]12CC[C@@H]3c4ccc(OCc5ccccc5)cc4CC[C@H]3[C@@H]1CC[C@@]21C[C@H]2[C@H](CCCN2C(=O)c2ccc(Br)cc2)O1. The zero-order chi connectivity index (χ0) is 58.4. The van der Waals surface area contributed by atoms with Gasteiger partial charge < -0.3 is 28.7 Å². The first-order valence-corrected chi connectivity index (χ1v) is 34.5. The molecule has 8 fully saturated rings. The highest BCUT2D eigenvalue weighted by Gasteiger charge is 2.69. The molecule has 2 amide bonds. The Morgan fingerprint density at radius 2 is 0.919 bits per heavy atom. The third-order valence-electron chi connectivity index (χ3n) is 24.4. The van der Waals surface area contributed by atoms with Crippen LogP contribution in [0.15, 0.2) is 155 Å². The van der Waals surface area contributed by atoms with Crippen LogP contribution in [0.5, 0.6) is 11.5 Å². The van der Waals surface area contributed by atoms with E-state index in [1.165, 1.54) is 73.6 Å². The van der Waals surface area contributed by atoms with E-state index in [1.54, 1.807) is 11.1 Å². The summed E-state index contributed by atoms with van der Waals surface area (Å²) in [4.78, 5) is 31.8. The smallest absolute Gasteiger partial charge is 0.254 e. The van der Waals surface area contributed by atoms with Gasteiger partial charge >= 0.3 is 0 Å². The maximum Gasteiger partial charge on any atom is 0.254 e. The number of piperidine rings is 2. The number of likely N-dealkylation sites (tertiary alicyclic amines) is 2. The van der Waals surface area contributed by atoms with E-state index >= 15 is 0 Å². The number of hydrogen-bond donors (Lipinski definition) is 0. The van der Waals surface area contributed by atoms with Crippen molar-refractivity contribution in [1.29, 1.82) is 0 Å². The predicted octanol–water partition coefficient (Wildman–Crippen LogP) is 17.4. The van der Waals surface area contributed by atoms with E-state index in [0.29, 0.717) is 48.7 Å². The molecule has 2 spiro atoms. The van der Waals surface area contributed by atoms with E-state index < -0.39 is 0 Å². The molecule has 0 bridgehead atoms. The summed E-state index contributed by atoms with van der Waals surface area (Å²) >= 11 is 7.03. The van der Waals surface area contributed by atoms with Gasteiger partial charge in [-0.15, -0.1) is 0 Å². The molecule has 4 saturated carbocycles. The van der Waals surface area contributed by atoms with Crippen molar-refractivity contribution in [3.63, 3.8) is 0 Å². The summed E-state index contributed by atoms with van der Waals surface area (Å²) < 4.78 is 28.9. The topological polar surface area (TPSA) is 77.5 Å². The zero-order valence-corrected chi connectivity index (χ0v) is 53.5. The maximum atomic E-state index is 13.7. The molecule has 0 radical (unpaired) electrons. The number of rotatable bonds is 8. The lowest BCUT2D eigenvalue weighted by molar-refractivity contribution is -0.140. The van der Waals surface area contributed by atoms with Crippen LogP contribution in [0.1, 0.15) is 183 Å². The van der Waals surface area contributed by atoms with E-state index in [0.717, 1.165) is 109 Å². The Morgan fingerprint density at radius 3 is 1.34 bits per heavy atom. The Bertz CT molecular complexity index is 3240. The van der Waals surface area contributed by atoms with Crippen molar-refractivity contribution in [2.45, 2.75) is 190 Å². The van der Waals surface area contributed by atoms with Crippen LogP contribution in [0.3, 0.4) is 0 Å². The number of ether oxygens (including phenoxy) is 4. The molecule has 16 rings (SSSR count). The molecular weight excluding hydrogens is 1200 g/mol. The molecule has 8 nitrogen and oxygen atoms in total. The number of hydrogen-bond acceptors (Lipinski definition) is 6. The normalized spacial score (nSPS) is 34.3. The quantitative estimate of drug-likeness (QED) is 0.151. The van der Waals surface area contributed by atoms with Gasteiger partial charge in [0, 0.05) is 33.2 Å². The number of benzene rings is 6. The maximum absolute atomic E-state index is 13.7. The van der Waals surface area contributed by atoms with Crippen molar-refractivity contribution < 1.29 is 28.5 Å². The van der Waals surface area contributed by atoms with Crippen molar-refractivity contribution >= 4 is 43.7 Å². The van der Waals surface area contributed by atoms with Crippen LogP contribution in [0.25, 0.3) is 0 Å². The van der Waals surface area contributed by atoms with Crippen LogP contribution >= 0.6 is 31.9 Å². The second-order valence-electron chi connectivity index (χ2n) is 28.2. The second kappa shape index (κ2) is 23.0. The van der Waals surface area contributed by atoms with Gasteiger partial charge in [-0.25, -0.2) is 0 Å². The lowest BCUT2D eigenvalue weighted by atomic mass is 9.53. The summed E-state index contributed by atoms with van der Waals surface area (Å²) in [6.07, 6.45) is 21.0. The number of carbonyl (C=O) groups is 2. The molecule has 0 N–H and O–H groups in total.